The van der Waals surface area contributed by atoms with E-state index in [1.54, 1.807) is 0 Å². The zero-order valence-electron chi connectivity index (χ0n) is 13.0. The largest absolute Gasteiger partial charge is 0.314 e. The number of piperidine rings is 1. The van der Waals surface area contributed by atoms with Crippen molar-refractivity contribution in [3.63, 3.8) is 0 Å². The van der Waals surface area contributed by atoms with Crippen LogP contribution in [0, 0.1) is 0 Å². The number of thioether (sulfide) groups is 1. The minimum absolute atomic E-state index is 0.583. The summed E-state index contributed by atoms with van der Waals surface area (Å²) in [6.07, 6.45) is 9.37. The number of imidazole rings is 1. The molecule has 2 fully saturated rings. The first-order chi connectivity index (χ1) is 10.9. The zero-order chi connectivity index (χ0) is 14.8. The molecule has 2 aliphatic rings. The molecule has 0 aliphatic carbocycles. The maximum Gasteiger partial charge on any atom is 0.160 e. The van der Waals surface area contributed by atoms with Crippen LogP contribution in [0.5, 0.6) is 0 Å². The summed E-state index contributed by atoms with van der Waals surface area (Å²) in [5.74, 6) is 3.77. The van der Waals surface area contributed by atoms with E-state index in [4.69, 9.17) is 4.98 Å². The summed E-state index contributed by atoms with van der Waals surface area (Å²) in [5, 5.41) is 3.66. The Morgan fingerprint density at radius 3 is 2.95 bits per heavy atom. The maximum absolute atomic E-state index is 4.94. The Morgan fingerprint density at radius 1 is 1.23 bits per heavy atom. The summed E-state index contributed by atoms with van der Waals surface area (Å²) in [6.45, 7) is 1.16. The summed E-state index contributed by atoms with van der Waals surface area (Å²) >= 11 is 2.08. The highest BCUT2D eigenvalue weighted by atomic mass is 32.2. The number of nitrogens with zero attached hydrogens (tertiary/aromatic N) is 3. The molecule has 22 heavy (non-hydrogen) atoms. The van der Waals surface area contributed by atoms with Crippen molar-refractivity contribution in [1.29, 1.82) is 0 Å². The summed E-state index contributed by atoms with van der Waals surface area (Å²) in [4.78, 5) is 9.58. The average molecular weight is 316 g/mol. The Morgan fingerprint density at radius 2 is 2.14 bits per heavy atom. The molecule has 0 saturated carbocycles. The van der Waals surface area contributed by atoms with Crippen molar-refractivity contribution in [1.82, 2.24) is 19.9 Å². The van der Waals surface area contributed by atoms with Crippen LogP contribution in [0.1, 0.15) is 44.0 Å². The van der Waals surface area contributed by atoms with Crippen LogP contribution in [0.25, 0.3) is 11.2 Å². The molecule has 2 aromatic heterocycles. The number of hydrogen-bond acceptors (Lipinski definition) is 4. The van der Waals surface area contributed by atoms with Gasteiger partial charge in [-0.3, -0.25) is 0 Å². The Balaban J connectivity index is 1.68. The molecule has 4 rings (SSSR count). The second-order valence-electron chi connectivity index (χ2n) is 6.44. The monoisotopic (exact) mass is 316 g/mol. The molecule has 4 nitrogen and oxygen atoms in total. The summed E-state index contributed by atoms with van der Waals surface area (Å²) < 4.78 is 2.46. The van der Waals surface area contributed by atoms with Crippen LogP contribution in [-0.4, -0.2) is 38.6 Å². The second-order valence-corrected chi connectivity index (χ2v) is 7.66. The van der Waals surface area contributed by atoms with Crippen LogP contribution >= 0.6 is 11.8 Å². The van der Waals surface area contributed by atoms with Crippen molar-refractivity contribution in [2.45, 2.75) is 50.6 Å². The van der Waals surface area contributed by atoms with E-state index >= 15 is 0 Å². The van der Waals surface area contributed by atoms with Gasteiger partial charge in [-0.25, -0.2) is 9.97 Å². The molecular weight excluding hydrogens is 292 g/mol. The highest BCUT2D eigenvalue weighted by Gasteiger charge is 2.24. The van der Waals surface area contributed by atoms with Gasteiger partial charge in [0.1, 0.15) is 11.3 Å². The van der Waals surface area contributed by atoms with Gasteiger partial charge in [0, 0.05) is 24.7 Å². The highest BCUT2D eigenvalue weighted by Crippen LogP contribution is 2.31. The lowest BCUT2D eigenvalue weighted by Crippen LogP contribution is -2.36. The van der Waals surface area contributed by atoms with Gasteiger partial charge < -0.3 is 9.88 Å². The molecule has 5 heteroatoms. The molecule has 0 radical (unpaired) electrons. The minimum atomic E-state index is 0.583. The highest BCUT2D eigenvalue weighted by molar-refractivity contribution is 7.99. The number of rotatable bonds is 3. The number of hydrogen-bond donors (Lipinski definition) is 1. The molecule has 2 saturated heterocycles. The third kappa shape index (κ3) is 2.88. The third-order valence-electron chi connectivity index (χ3n) is 4.92. The topological polar surface area (TPSA) is 42.7 Å². The molecule has 118 valence electrons. The van der Waals surface area contributed by atoms with Crippen molar-refractivity contribution in [3.05, 3.63) is 24.2 Å². The first kappa shape index (κ1) is 14.5. The van der Waals surface area contributed by atoms with Crippen molar-refractivity contribution in [3.8, 4) is 0 Å². The zero-order valence-corrected chi connectivity index (χ0v) is 13.8. The number of fused-ring (bicyclic) bond motifs is 1. The van der Waals surface area contributed by atoms with E-state index in [1.807, 2.05) is 12.3 Å². The van der Waals surface area contributed by atoms with Crippen LogP contribution in [0.2, 0.25) is 0 Å². The lowest BCUT2D eigenvalue weighted by molar-refractivity contribution is 0.380. The van der Waals surface area contributed by atoms with Crippen LogP contribution in [0.3, 0.4) is 0 Å². The van der Waals surface area contributed by atoms with Crippen molar-refractivity contribution < 1.29 is 0 Å². The maximum atomic E-state index is 4.94. The Kier molecular flexibility index (Phi) is 4.35. The van der Waals surface area contributed by atoms with E-state index in [1.165, 1.54) is 49.4 Å². The predicted molar refractivity (Wildman–Crippen MR) is 92.5 cm³/mol. The van der Waals surface area contributed by atoms with Crippen molar-refractivity contribution in [2.24, 2.45) is 0 Å². The molecule has 0 spiro atoms. The standard InChI is InChI=1S/C17H24N4S/c1-2-8-18-13(4-1)12-16-20-15-5-3-9-19-17(15)21(16)14-6-10-22-11-7-14/h3,5,9,13-14,18H,1-2,4,6-8,10-12H2. The molecular formula is C17H24N4S. The predicted octanol–water partition coefficient (Wildman–Crippen LogP) is 3.18. The minimum Gasteiger partial charge on any atom is -0.314 e. The molecule has 1 unspecified atom stereocenters. The molecule has 2 aliphatic heterocycles. The van der Waals surface area contributed by atoms with Crippen molar-refractivity contribution in [2.75, 3.05) is 18.1 Å². The molecule has 0 aromatic carbocycles. The molecule has 0 amide bonds. The lowest BCUT2D eigenvalue weighted by Gasteiger charge is -2.27. The lowest BCUT2D eigenvalue weighted by atomic mass is 10.0. The SMILES string of the molecule is c1cnc2c(c1)nc(CC1CCCCN1)n2C1CCSCC1. The van der Waals surface area contributed by atoms with Crippen LogP contribution in [0.15, 0.2) is 18.3 Å². The second kappa shape index (κ2) is 6.59. The smallest absolute Gasteiger partial charge is 0.160 e. The molecule has 1 N–H and O–H groups in total. The van der Waals surface area contributed by atoms with Gasteiger partial charge in [0.25, 0.3) is 0 Å². The van der Waals surface area contributed by atoms with Crippen LogP contribution in [-0.2, 0) is 6.42 Å². The van der Waals surface area contributed by atoms with Gasteiger partial charge in [0.15, 0.2) is 5.65 Å². The number of nitrogens with one attached hydrogen (secondary N) is 1. The van der Waals surface area contributed by atoms with E-state index in [2.05, 4.69) is 32.7 Å². The van der Waals surface area contributed by atoms with Gasteiger partial charge in [0.05, 0.1) is 0 Å². The third-order valence-corrected chi connectivity index (χ3v) is 5.97. The van der Waals surface area contributed by atoms with Crippen LogP contribution in [0.4, 0.5) is 0 Å². The van der Waals surface area contributed by atoms with Gasteiger partial charge in [-0.1, -0.05) is 6.42 Å². The Bertz CT molecular complexity index is 627. The fraction of sp³-hybridized carbons (Fsp3) is 0.647. The van der Waals surface area contributed by atoms with Gasteiger partial charge in [-0.15, -0.1) is 0 Å². The molecule has 4 heterocycles. The summed E-state index contributed by atoms with van der Waals surface area (Å²) in [6, 6.07) is 5.27. The van der Waals surface area contributed by atoms with Gasteiger partial charge >= 0.3 is 0 Å². The fourth-order valence-electron chi connectivity index (χ4n) is 3.77. The van der Waals surface area contributed by atoms with E-state index in [-0.39, 0.29) is 0 Å². The number of pyridine rings is 1. The summed E-state index contributed by atoms with van der Waals surface area (Å²) in [5.41, 5.74) is 2.15. The molecule has 0 bridgehead atoms. The normalized spacial score (nSPS) is 23.9. The van der Waals surface area contributed by atoms with E-state index in [9.17, 15) is 0 Å². The Hall–Kier alpha value is -1.07. The average Bonchev–Trinajstić information content (AvgIpc) is 2.94. The van der Waals surface area contributed by atoms with E-state index < -0.39 is 0 Å². The first-order valence-electron chi connectivity index (χ1n) is 8.55. The van der Waals surface area contributed by atoms with Gasteiger partial charge in [0.2, 0.25) is 0 Å². The van der Waals surface area contributed by atoms with Gasteiger partial charge in [-0.2, -0.15) is 11.8 Å². The first-order valence-corrected chi connectivity index (χ1v) is 9.70. The fourth-order valence-corrected chi connectivity index (χ4v) is 4.85. The molecule has 2 aromatic rings. The molecule has 1 atom stereocenters. The van der Waals surface area contributed by atoms with E-state index in [0.717, 1.165) is 24.1 Å². The Labute approximate surface area is 136 Å². The van der Waals surface area contributed by atoms with Crippen molar-refractivity contribution >= 4 is 22.9 Å². The summed E-state index contributed by atoms with van der Waals surface area (Å²) in [7, 11) is 0. The number of aromatic nitrogens is 3. The van der Waals surface area contributed by atoms with Gasteiger partial charge in [-0.05, 0) is 55.9 Å². The van der Waals surface area contributed by atoms with E-state index in [0.29, 0.717) is 12.1 Å². The quantitative estimate of drug-likeness (QED) is 0.944. The van der Waals surface area contributed by atoms with Crippen LogP contribution < -0.4 is 5.32 Å².